The van der Waals surface area contributed by atoms with Gasteiger partial charge in [-0.1, -0.05) is 11.6 Å². The number of likely N-dealkylation sites (tertiary alicyclic amines) is 1. The Morgan fingerprint density at radius 2 is 2.00 bits per heavy atom. The van der Waals surface area contributed by atoms with E-state index in [0.717, 1.165) is 29.4 Å². The molecule has 100 valence electrons. The molecule has 0 aromatic heterocycles. The van der Waals surface area contributed by atoms with Gasteiger partial charge in [-0.05, 0) is 49.9 Å². The molecule has 0 amide bonds. The molecule has 1 saturated heterocycles. The molecule has 0 atom stereocenters. The third-order valence-corrected chi connectivity index (χ3v) is 4.06. The first-order valence-electron chi connectivity index (χ1n) is 6.98. The number of ether oxygens (including phenoxy) is 1. The van der Waals surface area contributed by atoms with Gasteiger partial charge < -0.3 is 9.64 Å². The van der Waals surface area contributed by atoms with Crippen LogP contribution >= 0.6 is 11.6 Å². The summed E-state index contributed by atoms with van der Waals surface area (Å²) in [5.74, 6) is 0.936. The monoisotopic (exact) mass is 268 g/mol. The fraction of sp³-hybridized carbons (Fsp3) is 0.600. The van der Waals surface area contributed by atoms with E-state index in [1.54, 1.807) is 4.90 Å². The van der Waals surface area contributed by atoms with Crippen molar-refractivity contribution in [2.24, 2.45) is 0 Å². The van der Waals surface area contributed by atoms with Crippen LogP contribution in [0, 0.1) is 6.92 Å². The van der Waals surface area contributed by atoms with Gasteiger partial charge >= 0.3 is 0 Å². The first-order chi connectivity index (χ1) is 8.75. The molecule has 1 heterocycles. The third kappa shape index (κ3) is 4.18. The van der Waals surface area contributed by atoms with Gasteiger partial charge in [-0.2, -0.15) is 0 Å². The lowest BCUT2D eigenvalue weighted by atomic mass is 10.1. The Kier molecular flexibility index (Phi) is 5.33. The van der Waals surface area contributed by atoms with Gasteiger partial charge in [0.05, 0.1) is 26.2 Å². The molecule has 0 unspecified atom stereocenters. The van der Waals surface area contributed by atoms with Gasteiger partial charge in [0.25, 0.3) is 0 Å². The van der Waals surface area contributed by atoms with Crippen molar-refractivity contribution in [2.45, 2.75) is 32.6 Å². The summed E-state index contributed by atoms with van der Waals surface area (Å²) in [4.78, 5) is 1.75. The van der Waals surface area contributed by atoms with E-state index in [0.29, 0.717) is 0 Å². The second kappa shape index (κ2) is 7.01. The van der Waals surface area contributed by atoms with Gasteiger partial charge in [0.15, 0.2) is 0 Å². The lowest BCUT2D eigenvalue weighted by Gasteiger charge is -2.23. The minimum absolute atomic E-state index is 0.806. The first kappa shape index (κ1) is 13.7. The minimum Gasteiger partial charge on any atom is -0.493 e. The fourth-order valence-corrected chi connectivity index (χ4v) is 2.64. The van der Waals surface area contributed by atoms with Crippen LogP contribution in [0.25, 0.3) is 0 Å². The maximum absolute atomic E-state index is 5.98. The average Bonchev–Trinajstić information content (AvgIpc) is 2.40. The SMILES string of the molecule is Cc1cc(OCCC[NH+]2CCCCC2)ccc1Cl. The van der Waals surface area contributed by atoms with Crippen molar-refractivity contribution in [2.75, 3.05) is 26.2 Å². The number of quaternary nitrogens is 1. The zero-order chi connectivity index (χ0) is 12.8. The summed E-state index contributed by atoms with van der Waals surface area (Å²) >= 11 is 5.98. The maximum atomic E-state index is 5.98. The molecule has 0 saturated carbocycles. The van der Waals surface area contributed by atoms with Gasteiger partial charge in [-0.25, -0.2) is 0 Å². The Morgan fingerprint density at radius 1 is 1.22 bits per heavy atom. The van der Waals surface area contributed by atoms with E-state index in [-0.39, 0.29) is 0 Å². The van der Waals surface area contributed by atoms with Gasteiger partial charge in [0, 0.05) is 11.4 Å². The molecule has 18 heavy (non-hydrogen) atoms. The zero-order valence-corrected chi connectivity index (χ0v) is 11.9. The number of hydrogen-bond donors (Lipinski definition) is 1. The summed E-state index contributed by atoms with van der Waals surface area (Å²) in [6.07, 6.45) is 5.35. The van der Waals surface area contributed by atoms with Crippen LogP contribution in [-0.2, 0) is 0 Å². The highest BCUT2D eigenvalue weighted by molar-refractivity contribution is 6.31. The van der Waals surface area contributed by atoms with E-state index >= 15 is 0 Å². The Balaban J connectivity index is 1.66. The Labute approximate surface area is 115 Å². The topological polar surface area (TPSA) is 13.7 Å². The second-order valence-corrected chi connectivity index (χ2v) is 5.58. The Bertz CT molecular complexity index is 375. The van der Waals surface area contributed by atoms with E-state index in [9.17, 15) is 0 Å². The molecule has 0 spiro atoms. The van der Waals surface area contributed by atoms with E-state index in [1.165, 1.54) is 38.9 Å². The van der Waals surface area contributed by atoms with Crippen LogP contribution in [0.1, 0.15) is 31.2 Å². The molecule has 1 aromatic carbocycles. The number of halogens is 1. The van der Waals surface area contributed by atoms with Crippen LogP contribution in [0.3, 0.4) is 0 Å². The molecule has 1 fully saturated rings. The molecule has 0 bridgehead atoms. The first-order valence-corrected chi connectivity index (χ1v) is 7.36. The second-order valence-electron chi connectivity index (χ2n) is 5.17. The molecule has 1 aliphatic heterocycles. The molecular formula is C15H23ClNO+. The van der Waals surface area contributed by atoms with Gasteiger partial charge in [-0.3, -0.25) is 0 Å². The summed E-state index contributed by atoms with van der Waals surface area (Å²) in [6, 6.07) is 5.86. The van der Waals surface area contributed by atoms with Crippen LogP contribution in [0.2, 0.25) is 5.02 Å². The summed E-state index contributed by atoms with van der Waals surface area (Å²) in [5, 5.41) is 0.806. The van der Waals surface area contributed by atoms with Crippen LogP contribution < -0.4 is 9.64 Å². The van der Waals surface area contributed by atoms with E-state index in [2.05, 4.69) is 0 Å². The zero-order valence-electron chi connectivity index (χ0n) is 11.2. The summed E-state index contributed by atoms with van der Waals surface area (Å²) < 4.78 is 5.76. The Morgan fingerprint density at radius 3 is 2.72 bits per heavy atom. The average molecular weight is 269 g/mol. The molecule has 1 N–H and O–H groups in total. The largest absolute Gasteiger partial charge is 0.493 e. The maximum Gasteiger partial charge on any atom is 0.119 e. The highest BCUT2D eigenvalue weighted by atomic mass is 35.5. The molecular weight excluding hydrogens is 246 g/mol. The van der Waals surface area contributed by atoms with Crippen LogP contribution in [0.5, 0.6) is 5.75 Å². The van der Waals surface area contributed by atoms with Gasteiger partial charge in [-0.15, -0.1) is 0 Å². The summed E-state index contributed by atoms with van der Waals surface area (Å²) in [5.41, 5.74) is 1.08. The standard InChI is InChI=1S/C15H22ClNO/c1-13-12-14(6-7-15(13)16)18-11-5-10-17-8-3-2-4-9-17/h6-7,12H,2-5,8-11H2,1H3/p+1. The van der Waals surface area contributed by atoms with Crippen LogP contribution in [0.15, 0.2) is 18.2 Å². The van der Waals surface area contributed by atoms with E-state index < -0.39 is 0 Å². The predicted octanol–water partition coefficient (Wildman–Crippen LogP) is 2.49. The van der Waals surface area contributed by atoms with E-state index in [1.807, 2.05) is 25.1 Å². The lowest BCUT2D eigenvalue weighted by Crippen LogP contribution is -3.12. The molecule has 0 radical (unpaired) electrons. The van der Waals surface area contributed by atoms with Crippen molar-refractivity contribution < 1.29 is 9.64 Å². The van der Waals surface area contributed by atoms with Crippen molar-refractivity contribution in [3.05, 3.63) is 28.8 Å². The van der Waals surface area contributed by atoms with Gasteiger partial charge in [0.1, 0.15) is 5.75 Å². The molecule has 1 aromatic rings. The van der Waals surface area contributed by atoms with Crippen molar-refractivity contribution >= 4 is 11.6 Å². The molecule has 0 aliphatic carbocycles. The van der Waals surface area contributed by atoms with Crippen LogP contribution in [-0.4, -0.2) is 26.2 Å². The summed E-state index contributed by atoms with van der Waals surface area (Å²) in [6.45, 7) is 6.75. The fourth-order valence-electron chi connectivity index (χ4n) is 2.52. The predicted molar refractivity (Wildman–Crippen MR) is 75.7 cm³/mol. The normalized spacial score (nSPS) is 16.8. The lowest BCUT2D eigenvalue weighted by molar-refractivity contribution is -0.905. The number of benzene rings is 1. The molecule has 1 aliphatic rings. The highest BCUT2D eigenvalue weighted by Gasteiger charge is 2.12. The van der Waals surface area contributed by atoms with Crippen molar-refractivity contribution in [1.82, 2.24) is 0 Å². The van der Waals surface area contributed by atoms with Crippen LogP contribution in [0.4, 0.5) is 0 Å². The molecule has 3 heteroatoms. The third-order valence-electron chi connectivity index (χ3n) is 3.63. The number of aryl methyl sites for hydroxylation is 1. The van der Waals surface area contributed by atoms with Crippen molar-refractivity contribution in [3.8, 4) is 5.75 Å². The van der Waals surface area contributed by atoms with Crippen molar-refractivity contribution in [1.29, 1.82) is 0 Å². The minimum atomic E-state index is 0.806. The smallest absolute Gasteiger partial charge is 0.119 e. The number of hydrogen-bond acceptors (Lipinski definition) is 1. The quantitative estimate of drug-likeness (QED) is 0.810. The molecule has 2 nitrogen and oxygen atoms in total. The highest BCUT2D eigenvalue weighted by Crippen LogP contribution is 2.20. The Hall–Kier alpha value is -0.730. The number of nitrogens with one attached hydrogen (secondary N) is 1. The van der Waals surface area contributed by atoms with Gasteiger partial charge in [0.2, 0.25) is 0 Å². The number of rotatable bonds is 5. The van der Waals surface area contributed by atoms with Crippen molar-refractivity contribution in [3.63, 3.8) is 0 Å². The number of piperidine rings is 1. The summed E-state index contributed by atoms with van der Waals surface area (Å²) in [7, 11) is 0. The van der Waals surface area contributed by atoms with E-state index in [4.69, 9.17) is 16.3 Å². The molecule has 2 rings (SSSR count).